The molecular formula is C18H17N3O4S. The second kappa shape index (κ2) is 6.64. The molecule has 2 aromatic carbocycles. The van der Waals surface area contributed by atoms with Crippen molar-refractivity contribution in [2.75, 3.05) is 4.72 Å². The lowest BCUT2D eigenvalue weighted by Gasteiger charge is -2.10. The summed E-state index contributed by atoms with van der Waals surface area (Å²) in [6.45, 7) is 3.60. The highest BCUT2D eigenvalue weighted by molar-refractivity contribution is 7.92. The molecule has 0 saturated carbocycles. The Morgan fingerprint density at radius 3 is 2.42 bits per heavy atom. The minimum absolute atomic E-state index is 0.0137. The van der Waals surface area contributed by atoms with Crippen LogP contribution in [0.5, 0.6) is 0 Å². The van der Waals surface area contributed by atoms with Crippen molar-refractivity contribution in [2.24, 2.45) is 0 Å². The van der Waals surface area contributed by atoms with E-state index in [-0.39, 0.29) is 10.5 Å². The lowest BCUT2D eigenvalue weighted by atomic mass is 10.1. The molecule has 0 spiro atoms. The maximum absolute atomic E-state index is 12.6. The number of aryl methyl sites for hydroxylation is 2. The molecule has 8 heteroatoms. The van der Waals surface area contributed by atoms with Gasteiger partial charge in [-0.25, -0.2) is 17.9 Å². The molecule has 1 aromatic heterocycles. The van der Waals surface area contributed by atoms with E-state index in [0.717, 1.165) is 11.3 Å². The first-order chi connectivity index (χ1) is 12.3. The van der Waals surface area contributed by atoms with Gasteiger partial charge in [-0.3, -0.25) is 4.72 Å². The maximum Gasteiger partial charge on any atom is 0.335 e. The number of benzene rings is 2. The van der Waals surface area contributed by atoms with Gasteiger partial charge in [0.05, 0.1) is 29.3 Å². The Bertz CT molecular complexity index is 1070. The van der Waals surface area contributed by atoms with Crippen molar-refractivity contribution in [1.29, 1.82) is 0 Å². The SMILES string of the molecule is Cc1ccc(-n2cc(S(=O)(=O)Nc3ccc(C(=O)O)cc3C)cn2)cc1. The molecule has 0 radical (unpaired) electrons. The first kappa shape index (κ1) is 17.7. The second-order valence-corrected chi connectivity index (χ2v) is 7.58. The number of hydrogen-bond acceptors (Lipinski definition) is 4. The van der Waals surface area contributed by atoms with E-state index in [1.54, 1.807) is 6.92 Å². The van der Waals surface area contributed by atoms with E-state index in [2.05, 4.69) is 9.82 Å². The smallest absolute Gasteiger partial charge is 0.335 e. The van der Waals surface area contributed by atoms with Crippen LogP contribution in [0, 0.1) is 13.8 Å². The number of rotatable bonds is 5. The lowest BCUT2D eigenvalue weighted by Crippen LogP contribution is -2.13. The van der Waals surface area contributed by atoms with Crippen LogP contribution >= 0.6 is 0 Å². The van der Waals surface area contributed by atoms with Crippen LogP contribution in [0.2, 0.25) is 0 Å². The summed E-state index contributed by atoms with van der Waals surface area (Å²) in [5.74, 6) is -1.07. The molecule has 0 saturated heterocycles. The monoisotopic (exact) mass is 371 g/mol. The molecule has 0 amide bonds. The fourth-order valence-corrected chi connectivity index (χ4v) is 3.46. The van der Waals surface area contributed by atoms with Gasteiger partial charge in [-0.15, -0.1) is 0 Å². The summed E-state index contributed by atoms with van der Waals surface area (Å²) in [4.78, 5) is 11.0. The molecule has 26 heavy (non-hydrogen) atoms. The highest BCUT2D eigenvalue weighted by Gasteiger charge is 2.18. The second-order valence-electron chi connectivity index (χ2n) is 5.90. The number of nitrogens with one attached hydrogen (secondary N) is 1. The van der Waals surface area contributed by atoms with Gasteiger partial charge in [-0.1, -0.05) is 17.7 Å². The van der Waals surface area contributed by atoms with E-state index in [9.17, 15) is 13.2 Å². The summed E-state index contributed by atoms with van der Waals surface area (Å²) in [6.07, 6.45) is 2.69. The van der Waals surface area contributed by atoms with Gasteiger partial charge in [-0.2, -0.15) is 5.10 Å². The van der Waals surface area contributed by atoms with Crippen LogP contribution in [0.15, 0.2) is 59.8 Å². The number of hydrogen-bond donors (Lipinski definition) is 2. The Kier molecular flexibility index (Phi) is 4.52. The van der Waals surface area contributed by atoms with E-state index in [1.165, 1.54) is 35.3 Å². The normalized spacial score (nSPS) is 11.3. The van der Waals surface area contributed by atoms with Gasteiger partial charge in [-0.05, 0) is 49.7 Å². The molecular weight excluding hydrogens is 354 g/mol. The van der Waals surface area contributed by atoms with Gasteiger partial charge in [0.1, 0.15) is 4.90 Å². The Labute approximate surface area is 151 Å². The molecule has 134 valence electrons. The van der Waals surface area contributed by atoms with Gasteiger partial charge >= 0.3 is 5.97 Å². The summed E-state index contributed by atoms with van der Waals surface area (Å²) in [6, 6.07) is 11.7. The molecule has 3 rings (SSSR count). The Morgan fingerprint density at radius 2 is 1.81 bits per heavy atom. The average Bonchev–Trinajstić information content (AvgIpc) is 3.08. The number of aromatic nitrogens is 2. The number of nitrogens with zero attached hydrogens (tertiary/aromatic N) is 2. The summed E-state index contributed by atoms with van der Waals surface area (Å²) in [7, 11) is -3.85. The standard InChI is InChI=1S/C18H17N3O4S/c1-12-3-6-15(7-4-12)21-11-16(10-19-21)26(24,25)20-17-8-5-14(18(22)23)9-13(17)2/h3-11,20H,1-2H3,(H,22,23). The Balaban J connectivity index is 1.87. The molecule has 2 N–H and O–H groups in total. The number of sulfonamides is 1. The van der Waals surface area contributed by atoms with Gasteiger partial charge in [0.15, 0.2) is 0 Å². The van der Waals surface area contributed by atoms with Crippen LogP contribution in [0.25, 0.3) is 5.69 Å². The van der Waals surface area contributed by atoms with E-state index in [4.69, 9.17) is 5.11 Å². The minimum Gasteiger partial charge on any atom is -0.478 e. The van der Waals surface area contributed by atoms with Crippen LogP contribution in [0.3, 0.4) is 0 Å². The lowest BCUT2D eigenvalue weighted by molar-refractivity contribution is 0.0697. The highest BCUT2D eigenvalue weighted by atomic mass is 32.2. The average molecular weight is 371 g/mol. The van der Waals surface area contributed by atoms with E-state index < -0.39 is 16.0 Å². The summed E-state index contributed by atoms with van der Waals surface area (Å²) in [5.41, 5.74) is 2.77. The van der Waals surface area contributed by atoms with Crippen molar-refractivity contribution in [2.45, 2.75) is 18.7 Å². The third-order valence-electron chi connectivity index (χ3n) is 3.89. The van der Waals surface area contributed by atoms with Crippen molar-refractivity contribution in [3.8, 4) is 5.69 Å². The number of carboxylic acids is 1. The summed E-state index contributed by atoms with van der Waals surface area (Å²) in [5, 5.41) is 13.1. The van der Waals surface area contributed by atoms with Crippen LogP contribution in [0.4, 0.5) is 5.69 Å². The molecule has 0 bridgehead atoms. The van der Waals surface area contributed by atoms with Crippen LogP contribution in [-0.4, -0.2) is 29.3 Å². The largest absolute Gasteiger partial charge is 0.478 e. The van der Waals surface area contributed by atoms with Gasteiger partial charge in [0.25, 0.3) is 10.0 Å². The molecule has 1 heterocycles. The van der Waals surface area contributed by atoms with Gasteiger partial charge in [0.2, 0.25) is 0 Å². The third-order valence-corrected chi connectivity index (χ3v) is 5.21. The van der Waals surface area contributed by atoms with Crippen molar-refractivity contribution in [3.63, 3.8) is 0 Å². The number of carboxylic acid groups (broad SMARTS) is 1. The fraction of sp³-hybridized carbons (Fsp3) is 0.111. The van der Waals surface area contributed by atoms with Crippen molar-refractivity contribution >= 4 is 21.7 Å². The molecule has 0 aliphatic rings. The number of anilines is 1. The van der Waals surface area contributed by atoms with Crippen LogP contribution in [0.1, 0.15) is 21.5 Å². The predicted molar refractivity (Wildman–Crippen MR) is 97.2 cm³/mol. The van der Waals surface area contributed by atoms with Crippen molar-refractivity contribution in [3.05, 3.63) is 71.5 Å². The van der Waals surface area contributed by atoms with Crippen molar-refractivity contribution < 1.29 is 18.3 Å². The number of carbonyl (C=O) groups is 1. The first-order valence-electron chi connectivity index (χ1n) is 7.75. The topological polar surface area (TPSA) is 101 Å². The Morgan fingerprint density at radius 1 is 1.12 bits per heavy atom. The van der Waals surface area contributed by atoms with E-state index in [1.807, 2.05) is 31.2 Å². The molecule has 7 nitrogen and oxygen atoms in total. The molecule has 3 aromatic rings. The zero-order valence-corrected chi connectivity index (χ0v) is 15.0. The van der Waals surface area contributed by atoms with Gasteiger partial charge in [0, 0.05) is 0 Å². The fourth-order valence-electron chi connectivity index (χ4n) is 2.40. The zero-order valence-electron chi connectivity index (χ0n) is 14.2. The van der Waals surface area contributed by atoms with Crippen LogP contribution < -0.4 is 4.72 Å². The highest BCUT2D eigenvalue weighted by Crippen LogP contribution is 2.21. The minimum atomic E-state index is -3.85. The van der Waals surface area contributed by atoms with Gasteiger partial charge < -0.3 is 5.11 Å². The predicted octanol–water partition coefficient (Wildman–Crippen LogP) is 2.99. The number of aromatic carboxylic acids is 1. The summed E-state index contributed by atoms with van der Waals surface area (Å²) < 4.78 is 29.1. The molecule has 0 aliphatic heterocycles. The Hall–Kier alpha value is -3.13. The third kappa shape index (κ3) is 3.60. The first-order valence-corrected chi connectivity index (χ1v) is 9.23. The quantitative estimate of drug-likeness (QED) is 0.718. The van der Waals surface area contributed by atoms with Crippen LogP contribution in [-0.2, 0) is 10.0 Å². The van der Waals surface area contributed by atoms with E-state index in [0.29, 0.717) is 11.3 Å². The molecule has 0 atom stereocenters. The molecule has 0 unspecified atom stereocenters. The van der Waals surface area contributed by atoms with E-state index >= 15 is 0 Å². The molecule has 0 aliphatic carbocycles. The van der Waals surface area contributed by atoms with Crippen molar-refractivity contribution in [1.82, 2.24) is 9.78 Å². The molecule has 0 fully saturated rings. The summed E-state index contributed by atoms with van der Waals surface area (Å²) >= 11 is 0. The zero-order chi connectivity index (χ0) is 18.9. The maximum atomic E-state index is 12.6.